The number of rotatable bonds is 7. The maximum absolute atomic E-state index is 13.1. The molecule has 0 saturated carbocycles. The molecular formula is C24H26N2O3S. The van der Waals surface area contributed by atoms with Gasteiger partial charge in [-0.25, -0.2) is 4.79 Å². The lowest BCUT2D eigenvalue weighted by atomic mass is 10.1. The number of carbonyl (C=O) groups is 2. The smallest absolute Gasteiger partial charge is 0.407 e. The number of nitrogens with zero attached hydrogens (tertiary/aromatic N) is 1. The second-order valence-electron chi connectivity index (χ2n) is 6.91. The summed E-state index contributed by atoms with van der Waals surface area (Å²) in [6, 6.07) is 14.0. The third kappa shape index (κ3) is 5.13. The van der Waals surface area contributed by atoms with Gasteiger partial charge in [-0.05, 0) is 48.7 Å². The summed E-state index contributed by atoms with van der Waals surface area (Å²) >= 11 is 1.66. The van der Waals surface area contributed by atoms with Crippen LogP contribution in [0.3, 0.4) is 0 Å². The highest BCUT2D eigenvalue weighted by molar-refractivity contribution is 7.99. The van der Waals surface area contributed by atoms with E-state index in [-0.39, 0.29) is 25.5 Å². The van der Waals surface area contributed by atoms with Crippen LogP contribution in [-0.2, 0) is 9.53 Å². The van der Waals surface area contributed by atoms with Crippen LogP contribution in [0.4, 0.5) is 16.2 Å². The minimum absolute atomic E-state index is 0.0763. The maximum atomic E-state index is 13.1. The molecule has 0 aliphatic carbocycles. The lowest BCUT2D eigenvalue weighted by molar-refractivity contribution is -0.117. The highest BCUT2D eigenvalue weighted by atomic mass is 32.2. The van der Waals surface area contributed by atoms with E-state index >= 15 is 0 Å². The van der Waals surface area contributed by atoms with E-state index in [1.54, 1.807) is 22.7 Å². The van der Waals surface area contributed by atoms with Crippen LogP contribution in [0.5, 0.6) is 0 Å². The standard InChI is InChI=1S/C24H26N2O3S/c1-4-8-18(5-2)16-29-24(28)25-14-13-23(27)26-19-9-6-7-10-21(19)30-22-12-11-17(3)15-20(22)26/h5-12,15H,2,4,13-14,16H2,1,3H3,(H,25,28)/b18-8+. The lowest BCUT2D eigenvalue weighted by Gasteiger charge is -2.31. The van der Waals surface area contributed by atoms with Crippen LogP contribution in [0.1, 0.15) is 25.3 Å². The van der Waals surface area contributed by atoms with Crippen molar-refractivity contribution in [2.45, 2.75) is 36.5 Å². The molecule has 0 unspecified atom stereocenters. The van der Waals surface area contributed by atoms with Crippen molar-refractivity contribution < 1.29 is 14.3 Å². The van der Waals surface area contributed by atoms with E-state index in [0.29, 0.717) is 0 Å². The Balaban J connectivity index is 1.65. The highest BCUT2D eigenvalue weighted by Crippen LogP contribution is 2.48. The summed E-state index contributed by atoms with van der Waals surface area (Å²) in [7, 11) is 0. The SMILES string of the molecule is C=C/C(=C\CC)COC(=O)NCCC(=O)N1c2ccccc2Sc2ccc(C)cc21. The Morgan fingerprint density at radius 1 is 1.17 bits per heavy atom. The number of aryl methyl sites for hydroxylation is 1. The van der Waals surface area contributed by atoms with Crippen molar-refractivity contribution >= 4 is 35.1 Å². The Kier molecular flexibility index (Phi) is 7.36. The number of anilines is 2. The zero-order valence-corrected chi connectivity index (χ0v) is 18.1. The second kappa shape index (κ2) is 10.2. The summed E-state index contributed by atoms with van der Waals surface area (Å²) in [5, 5.41) is 2.66. The molecule has 0 aromatic heterocycles. The molecule has 0 atom stereocenters. The minimum atomic E-state index is -0.544. The van der Waals surface area contributed by atoms with Gasteiger partial charge < -0.3 is 10.1 Å². The third-order valence-corrected chi connectivity index (χ3v) is 5.77. The van der Waals surface area contributed by atoms with Gasteiger partial charge in [0.2, 0.25) is 5.91 Å². The topological polar surface area (TPSA) is 58.6 Å². The Morgan fingerprint density at radius 3 is 2.70 bits per heavy atom. The molecule has 1 heterocycles. The van der Waals surface area contributed by atoms with Gasteiger partial charge in [-0.1, -0.05) is 55.6 Å². The molecule has 1 aliphatic heterocycles. The van der Waals surface area contributed by atoms with E-state index in [1.165, 1.54) is 0 Å². The summed E-state index contributed by atoms with van der Waals surface area (Å²) < 4.78 is 5.19. The first-order chi connectivity index (χ1) is 14.5. The molecule has 2 aromatic rings. The van der Waals surface area contributed by atoms with Gasteiger partial charge >= 0.3 is 6.09 Å². The third-order valence-electron chi connectivity index (χ3n) is 4.64. The van der Waals surface area contributed by atoms with Gasteiger partial charge in [0.25, 0.3) is 0 Å². The average molecular weight is 423 g/mol. The Morgan fingerprint density at radius 2 is 1.93 bits per heavy atom. The molecule has 6 heteroatoms. The number of alkyl carbamates (subject to hydrolysis) is 1. The van der Waals surface area contributed by atoms with Gasteiger partial charge in [0.1, 0.15) is 6.61 Å². The minimum Gasteiger partial charge on any atom is -0.445 e. The number of benzene rings is 2. The first-order valence-electron chi connectivity index (χ1n) is 9.96. The molecular weight excluding hydrogens is 396 g/mol. The van der Waals surface area contributed by atoms with Crippen LogP contribution in [0.2, 0.25) is 0 Å². The van der Waals surface area contributed by atoms with Crippen LogP contribution >= 0.6 is 11.8 Å². The number of hydrogen-bond acceptors (Lipinski definition) is 4. The Bertz CT molecular complexity index is 984. The van der Waals surface area contributed by atoms with E-state index in [2.05, 4.69) is 11.9 Å². The monoisotopic (exact) mass is 422 g/mol. The molecule has 0 radical (unpaired) electrons. The van der Waals surface area contributed by atoms with E-state index in [1.807, 2.05) is 62.4 Å². The number of hydrogen-bond donors (Lipinski definition) is 1. The van der Waals surface area contributed by atoms with Crippen molar-refractivity contribution in [1.29, 1.82) is 0 Å². The number of allylic oxidation sites excluding steroid dienone is 1. The van der Waals surface area contributed by atoms with E-state index in [0.717, 1.165) is 38.7 Å². The molecule has 0 bridgehead atoms. The number of para-hydroxylation sites is 1. The Hall–Kier alpha value is -2.99. The average Bonchev–Trinajstić information content (AvgIpc) is 2.74. The fraction of sp³-hybridized carbons (Fsp3) is 0.250. The quantitative estimate of drug-likeness (QED) is 0.576. The maximum Gasteiger partial charge on any atom is 0.407 e. The number of nitrogens with one attached hydrogen (secondary N) is 1. The summed E-state index contributed by atoms with van der Waals surface area (Å²) in [6.45, 7) is 8.09. The van der Waals surface area contributed by atoms with Crippen molar-refractivity contribution in [1.82, 2.24) is 5.32 Å². The van der Waals surface area contributed by atoms with Crippen LogP contribution in [0.15, 0.2) is 76.6 Å². The van der Waals surface area contributed by atoms with Crippen molar-refractivity contribution in [3.8, 4) is 0 Å². The molecule has 0 spiro atoms. The zero-order valence-electron chi connectivity index (χ0n) is 17.3. The lowest BCUT2D eigenvalue weighted by Crippen LogP contribution is -2.33. The fourth-order valence-electron chi connectivity index (χ4n) is 3.18. The highest BCUT2D eigenvalue weighted by Gasteiger charge is 2.27. The summed E-state index contributed by atoms with van der Waals surface area (Å²) in [6.07, 6.45) is 4.09. The Labute approximate surface area is 181 Å². The molecule has 2 amide bonds. The van der Waals surface area contributed by atoms with Crippen LogP contribution in [-0.4, -0.2) is 25.2 Å². The molecule has 0 saturated heterocycles. The number of ether oxygens (including phenoxy) is 1. The molecule has 3 rings (SSSR count). The predicted octanol–water partition coefficient (Wildman–Crippen LogP) is 5.76. The summed E-state index contributed by atoms with van der Waals surface area (Å²) in [5.74, 6) is -0.0763. The van der Waals surface area contributed by atoms with Gasteiger partial charge in [-0.3, -0.25) is 9.69 Å². The molecule has 1 aliphatic rings. The van der Waals surface area contributed by atoms with Gasteiger partial charge in [0.05, 0.1) is 11.4 Å². The van der Waals surface area contributed by atoms with Crippen LogP contribution < -0.4 is 10.2 Å². The van der Waals surface area contributed by atoms with Crippen molar-refractivity contribution in [3.05, 3.63) is 72.3 Å². The predicted molar refractivity (Wildman–Crippen MR) is 121 cm³/mol. The van der Waals surface area contributed by atoms with E-state index in [4.69, 9.17) is 4.74 Å². The zero-order chi connectivity index (χ0) is 21.5. The largest absolute Gasteiger partial charge is 0.445 e. The van der Waals surface area contributed by atoms with Gasteiger partial charge in [0, 0.05) is 22.8 Å². The normalized spacial score (nSPS) is 12.6. The van der Waals surface area contributed by atoms with Crippen molar-refractivity contribution in [2.75, 3.05) is 18.1 Å². The molecule has 0 fully saturated rings. The first-order valence-corrected chi connectivity index (χ1v) is 10.8. The van der Waals surface area contributed by atoms with E-state index < -0.39 is 6.09 Å². The number of fused-ring (bicyclic) bond motifs is 2. The van der Waals surface area contributed by atoms with Crippen molar-refractivity contribution in [2.24, 2.45) is 0 Å². The molecule has 1 N–H and O–H groups in total. The molecule has 2 aromatic carbocycles. The van der Waals surface area contributed by atoms with Crippen molar-refractivity contribution in [3.63, 3.8) is 0 Å². The second-order valence-corrected chi connectivity index (χ2v) is 8.00. The first kappa shape index (κ1) is 21.7. The summed E-state index contributed by atoms with van der Waals surface area (Å²) in [5.41, 5.74) is 3.70. The van der Waals surface area contributed by atoms with Crippen LogP contribution in [0.25, 0.3) is 0 Å². The molecule has 156 valence electrons. The summed E-state index contributed by atoms with van der Waals surface area (Å²) in [4.78, 5) is 28.9. The number of carbonyl (C=O) groups excluding carboxylic acids is 2. The van der Waals surface area contributed by atoms with Crippen LogP contribution in [0, 0.1) is 6.92 Å². The fourth-order valence-corrected chi connectivity index (χ4v) is 4.22. The van der Waals surface area contributed by atoms with Gasteiger partial charge in [-0.15, -0.1) is 0 Å². The van der Waals surface area contributed by atoms with Gasteiger partial charge in [-0.2, -0.15) is 0 Å². The van der Waals surface area contributed by atoms with E-state index in [9.17, 15) is 9.59 Å². The molecule has 5 nitrogen and oxygen atoms in total. The number of amides is 2. The van der Waals surface area contributed by atoms with Gasteiger partial charge in [0.15, 0.2) is 0 Å². The molecule has 30 heavy (non-hydrogen) atoms.